The van der Waals surface area contributed by atoms with Gasteiger partial charge in [0.15, 0.2) is 5.96 Å². The summed E-state index contributed by atoms with van der Waals surface area (Å²) >= 11 is 3.27. The second kappa shape index (κ2) is 3.76. The molecular weight excluding hydrogens is 206 g/mol. The number of hydrogen-bond donors (Lipinski definition) is 1. The fraction of sp³-hybridized carbons (Fsp3) is 0.571. The lowest BCUT2D eigenvalue weighted by atomic mass is 10.6. The number of rotatable bonds is 2. The number of aliphatic imine (C=N–C) groups is 1. The predicted octanol–water partition coefficient (Wildman–Crippen LogP) is 0.786. The standard InChI is InChI=1S/C7H12BrN3/c1-6(8)5-10-7-9-3-4-11(7)2/h1,3-5H2,2H3,(H,9,10). The van der Waals surface area contributed by atoms with E-state index in [0.717, 1.165) is 30.1 Å². The van der Waals surface area contributed by atoms with Crippen LogP contribution in [0.3, 0.4) is 0 Å². The number of nitrogens with one attached hydrogen (secondary N) is 1. The van der Waals surface area contributed by atoms with Crippen LogP contribution < -0.4 is 5.32 Å². The Morgan fingerprint density at radius 2 is 2.64 bits per heavy atom. The van der Waals surface area contributed by atoms with Crippen molar-refractivity contribution in [1.29, 1.82) is 0 Å². The first-order valence-electron chi connectivity index (χ1n) is 3.53. The minimum absolute atomic E-state index is 0.739. The SMILES string of the molecule is C=C(Br)CNC1=NCCN1C. The van der Waals surface area contributed by atoms with Crippen molar-refractivity contribution in [2.75, 3.05) is 26.7 Å². The van der Waals surface area contributed by atoms with Crippen molar-refractivity contribution in [2.45, 2.75) is 0 Å². The molecule has 3 nitrogen and oxygen atoms in total. The van der Waals surface area contributed by atoms with Crippen LogP contribution in [0.1, 0.15) is 0 Å². The topological polar surface area (TPSA) is 27.6 Å². The maximum atomic E-state index is 4.26. The molecule has 1 heterocycles. The third-order valence-corrected chi connectivity index (χ3v) is 1.78. The van der Waals surface area contributed by atoms with E-state index in [0.29, 0.717) is 0 Å². The molecule has 0 aromatic carbocycles. The fourth-order valence-electron chi connectivity index (χ4n) is 0.898. The molecule has 4 heteroatoms. The summed E-state index contributed by atoms with van der Waals surface area (Å²) in [5.41, 5.74) is 0. The molecule has 0 fully saturated rings. The molecule has 0 radical (unpaired) electrons. The van der Waals surface area contributed by atoms with Gasteiger partial charge in [-0.1, -0.05) is 22.5 Å². The molecule has 1 aliphatic rings. The molecule has 11 heavy (non-hydrogen) atoms. The van der Waals surface area contributed by atoms with Gasteiger partial charge in [-0.3, -0.25) is 4.99 Å². The van der Waals surface area contributed by atoms with Crippen molar-refractivity contribution in [3.05, 3.63) is 11.1 Å². The summed E-state index contributed by atoms with van der Waals surface area (Å²) in [6.45, 7) is 6.37. The highest BCUT2D eigenvalue weighted by molar-refractivity contribution is 9.11. The quantitative estimate of drug-likeness (QED) is 0.741. The van der Waals surface area contributed by atoms with Gasteiger partial charge >= 0.3 is 0 Å². The summed E-state index contributed by atoms with van der Waals surface area (Å²) in [4.78, 5) is 6.35. The minimum Gasteiger partial charge on any atom is -0.352 e. The third kappa shape index (κ3) is 2.54. The molecule has 1 rings (SSSR count). The Hall–Kier alpha value is -0.510. The third-order valence-electron chi connectivity index (χ3n) is 1.50. The lowest BCUT2D eigenvalue weighted by molar-refractivity contribution is 0.538. The van der Waals surface area contributed by atoms with E-state index in [9.17, 15) is 0 Å². The summed E-state index contributed by atoms with van der Waals surface area (Å²) in [5, 5.41) is 3.16. The maximum Gasteiger partial charge on any atom is 0.194 e. The Labute approximate surface area is 75.3 Å². The summed E-state index contributed by atoms with van der Waals surface area (Å²) in [7, 11) is 2.02. The van der Waals surface area contributed by atoms with Crippen LogP contribution in [-0.2, 0) is 0 Å². The van der Waals surface area contributed by atoms with E-state index in [2.05, 4.69) is 37.7 Å². The van der Waals surface area contributed by atoms with Gasteiger partial charge in [-0.15, -0.1) is 0 Å². The zero-order chi connectivity index (χ0) is 8.27. The van der Waals surface area contributed by atoms with E-state index >= 15 is 0 Å². The Bertz CT molecular complexity index is 188. The van der Waals surface area contributed by atoms with Gasteiger partial charge in [0.05, 0.1) is 6.54 Å². The van der Waals surface area contributed by atoms with Gasteiger partial charge in [-0.25, -0.2) is 0 Å². The second-order valence-electron chi connectivity index (χ2n) is 2.50. The summed E-state index contributed by atoms with van der Waals surface area (Å²) in [6.07, 6.45) is 0. The largest absolute Gasteiger partial charge is 0.352 e. The Kier molecular flexibility index (Phi) is 2.93. The van der Waals surface area contributed by atoms with E-state index in [1.807, 2.05) is 7.05 Å². The Morgan fingerprint density at radius 1 is 1.91 bits per heavy atom. The molecule has 0 saturated carbocycles. The molecule has 0 bridgehead atoms. The van der Waals surface area contributed by atoms with Gasteiger partial charge in [0, 0.05) is 24.6 Å². The normalized spacial score (nSPS) is 16.5. The molecule has 0 aliphatic carbocycles. The van der Waals surface area contributed by atoms with Gasteiger partial charge in [-0.05, 0) is 0 Å². The molecule has 62 valence electrons. The van der Waals surface area contributed by atoms with Gasteiger partial charge in [0.2, 0.25) is 0 Å². The zero-order valence-corrected chi connectivity index (χ0v) is 8.19. The molecule has 0 aromatic heterocycles. The van der Waals surface area contributed by atoms with Crippen molar-refractivity contribution in [3.63, 3.8) is 0 Å². The van der Waals surface area contributed by atoms with E-state index in [1.165, 1.54) is 0 Å². The Balaban J connectivity index is 2.31. The van der Waals surface area contributed by atoms with E-state index in [1.54, 1.807) is 0 Å². The molecule has 0 atom stereocenters. The van der Waals surface area contributed by atoms with Crippen LogP contribution in [0.2, 0.25) is 0 Å². The van der Waals surface area contributed by atoms with Crippen LogP contribution in [0.4, 0.5) is 0 Å². The maximum absolute atomic E-state index is 4.26. The highest BCUT2D eigenvalue weighted by Crippen LogP contribution is 1.99. The molecule has 0 aromatic rings. The minimum atomic E-state index is 0.739. The van der Waals surface area contributed by atoms with Gasteiger partial charge in [-0.2, -0.15) is 0 Å². The van der Waals surface area contributed by atoms with Crippen molar-refractivity contribution in [2.24, 2.45) is 4.99 Å². The molecule has 0 spiro atoms. The first-order chi connectivity index (χ1) is 5.20. The van der Waals surface area contributed by atoms with Crippen molar-refractivity contribution in [1.82, 2.24) is 10.2 Å². The lowest BCUT2D eigenvalue weighted by Gasteiger charge is -2.14. The molecular formula is C7H12BrN3. The van der Waals surface area contributed by atoms with Gasteiger partial charge in [0.1, 0.15) is 0 Å². The van der Waals surface area contributed by atoms with Crippen LogP contribution in [0.15, 0.2) is 16.1 Å². The van der Waals surface area contributed by atoms with E-state index in [-0.39, 0.29) is 0 Å². The van der Waals surface area contributed by atoms with Gasteiger partial charge < -0.3 is 10.2 Å². The molecule has 0 saturated heterocycles. The lowest BCUT2D eigenvalue weighted by Crippen LogP contribution is -2.35. The average molecular weight is 218 g/mol. The fourth-order valence-corrected chi connectivity index (χ4v) is 1.04. The van der Waals surface area contributed by atoms with Crippen LogP contribution >= 0.6 is 15.9 Å². The number of halogens is 1. The summed E-state index contributed by atoms with van der Waals surface area (Å²) < 4.78 is 0.945. The summed E-state index contributed by atoms with van der Waals surface area (Å²) in [6, 6.07) is 0. The number of nitrogens with zero attached hydrogens (tertiary/aromatic N) is 2. The zero-order valence-electron chi connectivity index (χ0n) is 6.60. The summed E-state index contributed by atoms with van der Waals surface area (Å²) in [5.74, 6) is 0.964. The monoisotopic (exact) mass is 217 g/mol. The molecule has 1 aliphatic heterocycles. The van der Waals surface area contributed by atoms with Crippen molar-refractivity contribution < 1.29 is 0 Å². The van der Waals surface area contributed by atoms with Crippen LogP contribution in [-0.4, -0.2) is 37.5 Å². The highest BCUT2D eigenvalue weighted by Gasteiger charge is 2.10. The van der Waals surface area contributed by atoms with E-state index in [4.69, 9.17) is 0 Å². The van der Waals surface area contributed by atoms with Crippen molar-refractivity contribution in [3.8, 4) is 0 Å². The number of guanidine groups is 1. The van der Waals surface area contributed by atoms with Crippen molar-refractivity contribution >= 4 is 21.9 Å². The highest BCUT2D eigenvalue weighted by atomic mass is 79.9. The van der Waals surface area contributed by atoms with Crippen LogP contribution in [0.5, 0.6) is 0 Å². The average Bonchev–Trinajstić information content (AvgIpc) is 2.31. The second-order valence-corrected chi connectivity index (χ2v) is 3.62. The first kappa shape index (κ1) is 8.59. The number of likely N-dealkylation sites (N-methyl/N-ethyl adjacent to an activating group) is 1. The molecule has 0 amide bonds. The van der Waals surface area contributed by atoms with Crippen LogP contribution in [0, 0.1) is 0 Å². The van der Waals surface area contributed by atoms with Gasteiger partial charge in [0.25, 0.3) is 0 Å². The predicted molar refractivity (Wildman–Crippen MR) is 51.0 cm³/mol. The number of hydrogen-bond acceptors (Lipinski definition) is 3. The first-order valence-corrected chi connectivity index (χ1v) is 4.32. The molecule has 0 unspecified atom stereocenters. The Morgan fingerprint density at radius 3 is 3.09 bits per heavy atom. The van der Waals surface area contributed by atoms with Crippen LogP contribution in [0.25, 0.3) is 0 Å². The smallest absolute Gasteiger partial charge is 0.194 e. The van der Waals surface area contributed by atoms with E-state index < -0.39 is 0 Å². The molecule has 1 N–H and O–H groups in total.